The molecule has 1 saturated heterocycles. The molecule has 2 aliphatic rings. The predicted molar refractivity (Wildman–Crippen MR) is 194 cm³/mol. The maximum atomic E-state index is 13.9. The summed E-state index contributed by atoms with van der Waals surface area (Å²) in [7, 11) is 0. The number of carbonyl (C=O) groups is 2. The highest BCUT2D eigenvalue weighted by atomic mass is 35.5. The Morgan fingerprint density at radius 1 is 0.980 bits per heavy atom. The van der Waals surface area contributed by atoms with E-state index in [1.807, 2.05) is 68.4 Å². The molecule has 0 saturated carbocycles. The number of aliphatic hydroxyl groups is 1. The number of amides is 1. The average Bonchev–Trinajstić information content (AvgIpc) is 3.82. The van der Waals surface area contributed by atoms with Gasteiger partial charge in [-0.05, 0) is 78.6 Å². The van der Waals surface area contributed by atoms with Crippen LogP contribution < -0.4 is 19.1 Å². The lowest BCUT2D eigenvalue weighted by molar-refractivity contribution is -0.132. The van der Waals surface area contributed by atoms with E-state index < -0.39 is 17.7 Å². The first-order valence-electron chi connectivity index (χ1n) is 16.0. The summed E-state index contributed by atoms with van der Waals surface area (Å²) in [5.41, 5.74) is 3.83. The average molecular weight is 726 g/mol. The summed E-state index contributed by atoms with van der Waals surface area (Å²) in [6.07, 6.45) is 0.661. The highest BCUT2D eigenvalue weighted by Gasteiger charge is 2.48. The van der Waals surface area contributed by atoms with E-state index in [1.54, 1.807) is 36.4 Å². The van der Waals surface area contributed by atoms with E-state index in [9.17, 15) is 14.7 Å². The topological polar surface area (TPSA) is 111 Å². The number of hydrogen-bond acceptors (Lipinski definition) is 10. The van der Waals surface area contributed by atoms with Crippen LogP contribution in [0.4, 0.5) is 5.13 Å². The van der Waals surface area contributed by atoms with Crippen molar-refractivity contribution in [3.05, 3.63) is 129 Å². The van der Waals surface area contributed by atoms with Crippen molar-refractivity contribution in [2.45, 2.75) is 49.1 Å². The molecule has 0 radical (unpaired) electrons. The highest BCUT2D eigenvalue weighted by Crippen LogP contribution is 2.46. The zero-order valence-corrected chi connectivity index (χ0v) is 29.6. The fourth-order valence-corrected chi connectivity index (χ4v) is 7.92. The summed E-state index contributed by atoms with van der Waals surface area (Å²) in [5, 5.41) is 21.4. The van der Waals surface area contributed by atoms with Crippen molar-refractivity contribution in [2.75, 3.05) is 11.5 Å². The third kappa shape index (κ3) is 6.94. The molecule has 3 heterocycles. The number of nitrogens with zero attached hydrogens (tertiary/aromatic N) is 3. The van der Waals surface area contributed by atoms with Gasteiger partial charge in [0.15, 0.2) is 15.8 Å². The number of benzene rings is 4. The van der Waals surface area contributed by atoms with Crippen molar-refractivity contribution in [2.24, 2.45) is 0 Å². The standard InChI is InChI=1S/C38H32ClN3O6S2/c1-3-46-31-19-25(11-16-30(31)47-20-23-7-5-4-6-8-23)33-32(34(43)26-12-15-29-27(18-26)17-22(2)48-29)35(44)36(45)42(33)37-40-41-38(50-37)49-21-24-9-13-28(39)14-10-24/h4-16,18-19,22,33,43H,3,17,20-21H2,1-2H3/b34-32+/t22-,33-/m1/s1. The molecule has 0 bridgehead atoms. The summed E-state index contributed by atoms with van der Waals surface area (Å²) in [6.45, 7) is 4.51. The summed E-state index contributed by atoms with van der Waals surface area (Å²) >= 11 is 8.70. The Morgan fingerprint density at radius 3 is 2.56 bits per heavy atom. The normalized spacial score (nSPS) is 17.9. The van der Waals surface area contributed by atoms with Gasteiger partial charge < -0.3 is 19.3 Å². The summed E-state index contributed by atoms with van der Waals surface area (Å²) in [5.74, 6) is 0.343. The number of aromatic nitrogens is 2. The second-order valence-electron chi connectivity index (χ2n) is 11.8. The minimum atomic E-state index is -1.03. The number of fused-ring (bicyclic) bond motifs is 1. The summed E-state index contributed by atoms with van der Waals surface area (Å²) < 4.78 is 18.6. The van der Waals surface area contributed by atoms with Gasteiger partial charge in [0.2, 0.25) is 5.13 Å². The minimum absolute atomic E-state index is 0.00301. The second kappa shape index (κ2) is 14.6. The molecule has 2 aliphatic heterocycles. The molecule has 1 N–H and O–H groups in total. The summed E-state index contributed by atoms with van der Waals surface area (Å²) in [4.78, 5) is 29.1. The molecule has 4 aromatic carbocycles. The number of Topliss-reactive ketones (excluding diaryl/α,β-unsaturated/α-hetero) is 1. The number of ether oxygens (including phenoxy) is 3. The number of anilines is 1. The predicted octanol–water partition coefficient (Wildman–Crippen LogP) is 8.41. The molecule has 5 aromatic rings. The van der Waals surface area contributed by atoms with E-state index in [4.69, 9.17) is 25.8 Å². The minimum Gasteiger partial charge on any atom is -0.507 e. The maximum absolute atomic E-state index is 13.9. The summed E-state index contributed by atoms with van der Waals surface area (Å²) in [6, 6.07) is 26.8. The highest BCUT2D eigenvalue weighted by molar-refractivity contribution is 8.00. The van der Waals surface area contributed by atoms with Crippen LogP contribution in [-0.2, 0) is 28.4 Å². The molecule has 0 unspecified atom stereocenters. The van der Waals surface area contributed by atoms with E-state index in [-0.39, 0.29) is 22.6 Å². The number of aliphatic hydroxyl groups excluding tert-OH is 1. The van der Waals surface area contributed by atoms with E-state index in [0.29, 0.717) is 57.4 Å². The van der Waals surface area contributed by atoms with Gasteiger partial charge in [-0.3, -0.25) is 14.5 Å². The van der Waals surface area contributed by atoms with Crippen LogP contribution in [-0.4, -0.2) is 39.7 Å². The monoisotopic (exact) mass is 725 g/mol. The lowest BCUT2D eigenvalue weighted by Gasteiger charge is -2.24. The van der Waals surface area contributed by atoms with Crippen LogP contribution in [0.15, 0.2) is 101 Å². The molecule has 7 rings (SSSR count). The number of thioether (sulfide) groups is 1. The number of carbonyl (C=O) groups excluding carboxylic acids is 2. The van der Waals surface area contributed by atoms with E-state index in [2.05, 4.69) is 10.2 Å². The Balaban J connectivity index is 1.27. The molecule has 1 aromatic heterocycles. The van der Waals surface area contributed by atoms with Crippen LogP contribution in [0.2, 0.25) is 5.02 Å². The van der Waals surface area contributed by atoms with Crippen molar-refractivity contribution in [3.63, 3.8) is 0 Å². The first kappa shape index (κ1) is 33.6. The number of rotatable bonds is 11. The molecule has 0 aliphatic carbocycles. The molecule has 0 spiro atoms. The number of ketones is 1. The second-order valence-corrected chi connectivity index (χ2v) is 14.4. The first-order chi connectivity index (χ1) is 24.3. The molecular weight excluding hydrogens is 694 g/mol. The van der Waals surface area contributed by atoms with Crippen molar-refractivity contribution < 1.29 is 28.9 Å². The smallest absolute Gasteiger partial charge is 0.301 e. The number of hydrogen-bond donors (Lipinski definition) is 1. The Bertz CT molecular complexity index is 2090. The molecule has 12 heteroatoms. The van der Waals surface area contributed by atoms with Crippen molar-refractivity contribution in [3.8, 4) is 17.2 Å². The zero-order valence-electron chi connectivity index (χ0n) is 27.2. The lowest BCUT2D eigenvalue weighted by Crippen LogP contribution is -2.29. The molecular formula is C38H32ClN3O6S2. The fourth-order valence-electron chi connectivity index (χ4n) is 5.97. The van der Waals surface area contributed by atoms with Gasteiger partial charge in [-0.2, -0.15) is 0 Å². The van der Waals surface area contributed by atoms with Crippen LogP contribution in [0, 0.1) is 0 Å². The van der Waals surface area contributed by atoms with Crippen LogP contribution in [0.5, 0.6) is 17.2 Å². The number of halogens is 1. The quantitative estimate of drug-likeness (QED) is 0.0472. The van der Waals surface area contributed by atoms with Gasteiger partial charge >= 0.3 is 5.91 Å². The first-order valence-corrected chi connectivity index (χ1v) is 18.2. The van der Waals surface area contributed by atoms with Gasteiger partial charge in [0, 0.05) is 22.8 Å². The van der Waals surface area contributed by atoms with Crippen LogP contribution in [0.3, 0.4) is 0 Å². The van der Waals surface area contributed by atoms with Crippen molar-refractivity contribution >= 4 is 57.3 Å². The van der Waals surface area contributed by atoms with Crippen molar-refractivity contribution in [1.29, 1.82) is 0 Å². The van der Waals surface area contributed by atoms with Gasteiger partial charge in [-0.1, -0.05) is 83.2 Å². The Morgan fingerprint density at radius 2 is 1.78 bits per heavy atom. The third-order valence-electron chi connectivity index (χ3n) is 8.31. The molecule has 9 nitrogen and oxygen atoms in total. The SMILES string of the molecule is CCOc1cc([C@@H]2/C(=C(\O)c3ccc4c(c3)C[C@@H](C)O4)C(=O)C(=O)N2c2nnc(SCc3ccc(Cl)cc3)s2)ccc1OCc1ccccc1. The lowest BCUT2D eigenvalue weighted by atomic mass is 9.94. The van der Waals surface area contributed by atoms with Gasteiger partial charge in [-0.25, -0.2) is 0 Å². The molecule has 254 valence electrons. The molecule has 2 atom stereocenters. The van der Waals surface area contributed by atoms with E-state index in [1.165, 1.54) is 28.0 Å². The van der Waals surface area contributed by atoms with Crippen LogP contribution in [0.1, 0.15) is 47.7 Å². The largest absolute Gasteiger partial charge is 0.507 e. The fraction of sp³-hybridized carbons (Fsp3) is 0.211. The van der Waals surface area contributed by atoms with Gasteiger partial charge in [0.25, 0.3) is 5.78 Å². The van der Waals surface area contributed by atoms with Gasteiger partial charge in [0.05, 0.1) is 18.2 Å². The molecule has 50 heavy (non-hydrogen) atoms. The third-order valence-corrected chi connectivity index (χ3v) is 10.7. The Kier molecular flexibility index (Phi) is 9.80. The molecule has 1 amide bonds. The Labute approximate surface area is 302 Å². The van der Waals surface area contributed by atoms with Crippen molar-refractivity contribution in [1.82, 2.24) is 10.2 Å². The maximum Gasteiger partial charge on any atom is 0.301 e. The zero-order chi connectivity index (χ0) is 34.8. The van der Waals surface area contributed by atoms with Crippen LogP contribution >= 0.6 is 34.7 Å². The van der Waals surface area contributed by atoms with Crippen LogP contribution in [0.25, 0.3) is 5.76 Å². The van der Waals surface area contributed by atoms with Gasteiger partial charge in [-0.15, -0.1) is 10.2 Å². The molecule has 1 fully saturated rings. The van der Waals surface area contributed by atoms with E-state index >= 15 is 0 Å². The van der Waals surface area contributed by atoms with Gasteiger partial charge in [0.1, 0.15) is 24.2 Å². The van der Waals surface area contributed by atoms with E-state index in [0.717, 1.165) is 22.4 Å². The Hall–Kier alpha value is -4.84.